The number of rotatable bonds is 1. The standard InChI is InChI=1S/C9H14ClN3O/c1-6-5-14-3-2-8(6)13-9(11)7(10)4-12-13/h4,6,8H,2-3,5,11H2,1H3. The quantitative estimate of drug-likeness (QED) is 0.776. The lowest BCUT2D eigenvalue weighted by atomic mass is 9.98. The molecule has 0 aromatic carbocycles. The fraction of sp³-hybridized carbons (Fsp3) is 0.667. The highest BCUT2D eigenvalue weighted by atomic mass is 35.5. The number of nitrogen functional groups attached to an aromatic ring is 1. The largest absolute Gasteiger partial charge is 0.383 e. The zero-order valence-electron chi connectivity index (χ0n) is 8.11. The Morgan fingerprint density at radius 2 is 2.50 bits per heavy atom. The van der Waals surface area contributed by atoms with Gasteiger partial charge in [-0.1, -0.05) is 18.5 Å². The van der Waals surface area contributed by atoms with Gasteiger partial charge >= 0.3 is 0 Å². The third kappa shape index (κ3) is 1.60. The molecule has 0 saturated carbocycles. The van der Waals surface area contributed by atoms with Gasteiger partial charge in [0.05, 0.1) is 18.8 Å². The predicted molar refractivity (Wildman–Crippen MR) is 55.3 cm³/mol. The average molecular weight is 216 g/mol. The van der Waals surface area contributed by atoms with Gasteiger partial charge < -0.3 is 10.5 Å². The molecule has 0 amide bonds. The molecule has 2 rings (SSSR count). The molecule has 1 aliphatic rings. The van der Waals surface area contributed by atoms with E-state index in [9.17, 15) is 0 Å². The van der Waals surface area contributed by atoms with Crippen LogP contribution in [0, 0.1) is 5.92 Å². The lowest BCUT2D eigenvalue weighted by Crippen LogP contribution is -2.29. The van der Waals surface area contributed by atoms with Gasteiger partial charge in [-0.25, -0.2) is 4.68 Å². The summed E-state index contributed by atoms with van der Waals surface area (Å²) in [4.78, 5) is 0. The van der Waals surface area contributed by atoms with Crippen molar-refractivity contribution in [3.63, 3.8) is 0 Å². The molecule has 0 radical (unpaired) electrons. The van der Waals surface area contributed by atoms with Gasteiger partial charge in [0, 0.05) is 12.5 Å². The highest BCUT2D eigenvalue weighted by Gasteiger charge is 2.25. The normalized spacial score (nSPS) is 27.9. The van der Waals surface area contributed by atoms with Crippen molar-refractivity contribution in [2.24, 2.45) is 5.92 Å². The zero-order chi connectivity index (χ0) is 10.1. The van der Waals surface area contributed by atoms with Crippen molar-refractivity contribution in [1.29, 1.82) is 0 Å². The summed E-state index contributed by atoms with van der Waals surface area (Å²) in [7, 11) is 0. The third-order valence-corrected chi connectivity index (χ3v) is 2.99. The lowest BCUT2D eigenvalue weighted by Gasteiger charge is -2.29. The topological polar surface area (TPSA) is 53.1 Å². The summed E-state index contributed by atoms with van der Waals surface area (Å²) in [6.45, 7) is 3.67. The van der Waals surface area contributed by atoms with Crippen molar-refractivity contribution in [2.45, 2.75) is 19.4 Å². The molecule has 2 N–H and O–H groups in total. The number of aromatic nitrogens is 2. The molecule has 2 atom stereocenters. The average Bonchev–Trinajstić information content (AvgIpc) is 2.49. The molecular weight excluding hydrogens is 202 g/mol. The Morgan fingerprint density at radius 1 is 1.71 bits per heavy atom. The molecule has 78 valence electrons. The second-order valence-electron chi connectivity index (χ2n) is 3.73. The second-order valence-corrected chi connectivity index (χ2v) is 4.14. The molecule has 0 bridgehead atoms. The molecule has 1 aromatic heterocycles. The number of halogens is 1. The Bertz CT molecular complexity index is 326. The van der Waals surface area contributed by atoms with Gasteiger partial charge in [0.25, 0.3) is 0 Å². The van der Waals surface area contributed by atoms with Crippen LogP contribution in [0.3, 0.4) is 0 Å². The number of hydrogen-bond donors (Lipinski definition) is 1. The third-order valence-electron chi connectivity index (χ3n) is 2.70. The van der Waals surface area contributed by atoms with Crippen LogP contribution in [0.15, 0.2) is 6.20 Å². The minimum Gasteiger partial charge on any atom is -0.383 e. The van der Waals surface area contributed by atoms with Crippen molar-refractivity contribution in [2.75, 3.05) is 18.9 Å². The second kappa shape index (κ2) is 3.79. The highest BCUT2D eigenvalue weighted by molar-refractivity contribution is 6.32. The van der Waals surface area contributed by atoms with Gasteiger partial charge in [-0.15, -0.1) is 0 Å². The van der Waals surface area contributed by atoms with Crippen molar-refractivity contribution >= 4 is 17.4 Å². The van der Waals surface area contributed by atoms with Crippen LogP contribution >= 0.6 is 11.6 Å². The first-order valence-corrected chi connectivity index (χ1v) is 5.14. The Balaban J connectivity index is 2.24. The van der Waals surface area contributed by atoms with Gasteiger partial charge in [0.15, 0.2) is 0 Å². The molecule has 14 heavy (non-hydrogen) atoms. The molecule has 1 aromatic rings. The maximum atomic E-state index is 5.86. The van der Waals surface area contributed by atoms with E-state index in [1.807, 2.05) is 4.68 Å². The summed E-state index contributed by atoms with van der Waals surface area (Å²) >= 11 is 5.86. The zero-order valence-corrected chi connectivity index (χ0v) is 8.87. The van der Waals surface area contributed by atoms with E-state index in [0.717, 1.165) is 19.6 Å². The van der Waals surface area contributed by atoms with Gasteiger partial charge in [0.2, 0.25) is 0 Å². The first-order valence-electron chi connectivity index (χ1n) is 4.76. The number of anilines is 1. The van der Waals surface area contributed by atoms with Gasteiger partial charge in [0.1, 0.15) is 10.8 Å². The fourth-order valence-corrected chi connectivity index (χ4v) is 1.98. The summed E-state index contributed by atoms with van der Waals surface area (Å²) in [5, 5.41) is 4.72. The van der Waals surface area contributed by atoms with Crippen LogP contribution in [0.2, 0.25) is 5.02 Å². The molecule has 1 fully saturated rings. The SMILES string of the molecule is CC1COCCC1n1ncc(Cl)c1N. The van der Waals surface area contributed by atoms with E-state index in [4.69, 9.17) is 22.1 Å². The lowest BCUT2D eigenvalue weighted by molar-refractivity contribution is 0.0257. The summed E-state index contributed by atoms with van der Waals surface area (Å²) in [6, 6.07) is 0.316. The van der Waals surface area contributed by atoms with Crippen molar-refractivity contribution in [3.05, 3.63) is 11.2 Å². The minimum absolute atomic E-state index is 0.316. The van der Waals surface area contributed by atoms with Crippen LogP contribution < -0.4 is 5.73 Å². The fourth-order valence-electron chi connectivity index (χ4n) is 1.85. The molecular formula is C9H14ClN3O. The van der Waals surface area contributed by atoms with Crippen molar-refractivity contribution in [3.8, 4) is 0 Å². The number of ether oxygens (including phenoxy) is 1. The molecule has 2 unspecified atom stereocenters. The van der Waals surface area contributed by atoms with Crippen LogP contribution in [0.5, 0.6) is 0 Å². The monoisotopic (exact) mass is 215 g/mol. The Kier molecular flexibility index (Phi) is 2.65. The van der Waals surface area contributed by atoms with Crippen molar-refractivity contribution < 1.29 is 4.74 Å². The summed E-state index contributed by atoms with van der Waals surface area (Å²) in [5.74, 6) is 0.993. The van der Waals surface area contributed by atoms with Crippen LogP contribution in [-0.4, -0.2) is 23.0 Å². The molecule has 0 spiro atoms. The van der Waals surface area contributed by atoms with Crippen LogP contribution in [-0.2, 0) is 4.74 Å². The van der Waals surface area contributed by atoms with E-state index in [1.165, 1.54) is 0 Å². The number of hydrogen-bond acceptors (Lipinski definition) is 3. The van der Waals surface area contributed by atoms with E-state index >= 15 is 0 Å². The summed E-state index contributed by atoms with van der Waals surface area (Å²) < 4.78 is 7.18. The molecule has 1 saturated heterocycles. The van der Waals surface area contributed by atoms with E-state index in [2.05, 4.69) is 12.0 Å². The number of nitrogens with zero attached hydrogens (tertiary/aromatic N) is 2. The van der Waals surface area contributed by atoms with E-state index in [-0.39, 0.29) is 0 Å². The van der Waals surface area contributed by atoms with Gasteiger partial charge in [-0.2, -0.15) is 5.10 Å². The van der Waals surface area contributed by atoms with Crippen LogP contribution in [0.25, 0.3) is 0 Å². The first kappa shape index (κ1) is 9.80. The number of nitrogens with two attached hydrogens (primary N) is 1. The Labute approximate surface area is 88.0 Å². The highest BCUT2D eigenvalue weighted by Crippen LogP contribution is 2.30. The molecule has 4 nitrogen and oxygen atoms in total. The van der Waals surface area contributed by atoms with Gasteiger partial charge in [-0.05, 0) is 6.42 Å². The summed E-state index contributed by atoms with van der Waals surface area (Å²) in [5.41, 5.74) is 5.82. The molecule has 1 aliphatic heterocycles. The maximum Gasteiger partial charge on any atom is 0.140 e. The van der Waals surface area contributed by atoms with Crippen LogP contribution in [0.1, 0.15) is 19.4 Å². The minimum atomic E-state index is 0.316. The molecule has 0 aliphatic carbocycles. The first-order chi connectivity index (χ1) is 6.70. The Morgan fingerprint density at radius 3 is 3.07 bits per heavy atom. The van der Waals surface area contributed by atoms with Crippen LogP contribution in [0.4, 0.5) is 5.82 Å². The maximum absolute atomic E-state index is 5.86. The predicted octanol–water partition coefficient (Wildman–Crippen LogP) is 1.72. The van der Waals surface area contributed by atoms with E-state index in [1.54, 1.807) is 6.20 Å². The van der Waals surface area contributed by atoms with E-state index < -0.39 is 0 Å². The van der Waals surface area contributed by atoms with Crippen molar-refractivity contribution in [1.82, 2.24) is 9.78 Å². The Hall–Kier alpha value is -0.740. The molecule has 5 heteroatoms. The van der Waals surface area contributed by atoms with Gasteiger partial charge in [-0.3, -0.25) is 0 Å². The smallest absolute Gasteiger partial charge is 0.140 e. The molecule has 2 heterocycles. The van der Waals surface area contributed by atoms with E-state index in [0.29, 0.717) is 22.8 Å². The summed E-state index contributed by atoms with van der Waals surface area (Å²) in [6.07, 6.45) is 2.54.